The zero-order valence-electron chi connectivity index (χ0n) is 13.4. The van der Waals surface area contributed by atoms with E-state index in [2.05, 4.69) is 25.8 Å². The second-order valence-electron chi connectivity index (χ2n) is 5.99. The molecule has 2 aliphatic heterocycles. The molecular weight excluding hydrogens is 310 g/mol. The monoisotopic (exact) mass is 331 g/mol. The molecule has 128 valence electrons. The normalized spacial score (nSPS) is 21.3. The third kappa shape index (κ3) is 4.08. The first-order valence-corrected chi connectivity index (χ1v) is 8.15. The van der Waals surface area contributed by atoms with E-state index in [-0.39, 0.29) is 24.7 Å². The van der Waals surface area contributed by atoms with Crippen molar-refractivity contribution in [1.82, 2.24) is 20.9 Å². The first kappa shape index (κ1) is 16.4. The average Bonchev–Trinajstić information content (AvgIpc) is 2.59. The molecule has 8 nitrogen and oxygen atoms in total. The van der Waals surface area contributed by atoms with Gasteiger partial charge in [-0.05, 0) is 18.6 Å². The Morgan fingerprint density at radius 1 is 1.29 bits per heavy atom. The molecule has 2 aliphatic rings. The molecule has 1 aromatic rings. The Morgan fingerprint density at radius 2 is 2.08 bits per heavy atom. The van der Waals surface area contributed by atoms with Crippen molar-refractivity contribution in [3.8, 4) is 0 Å². The summed E-state index contributed by atoms with van der Waals surface area (Å²) in [6, 6.07) is 3.16. The van der Waals surface area contributed by atoms with Crippen LogP contribution >= 0.6 is 0 Å². The lowest BCUT2D eigenvalue weighted by atomic mass is 10.1. The van der Waals surface area contributed by atoms with Crippen LogP contribution in [0.3, 0.4) is 0 Å². The number of rotatable bonds is 4. The molecule has 0 aliphatic carbocycles. The van der Waals surface area contributed by atoms with E-state index in [4.69, 9.17) is 0 Å². The van der Waals surface area contributed by atoms with Gasteiger partial charge in [-0.25, -0.2) is 0 Å². The van der Waals surface area contributed by atoms with Gasteiger partial charge in [0.2, 0.25) is 17.7 Å². The Labute approximate surface area is 140 Å². The molecule has 3 heterocycles. The molecule has 8 heteroatoms. The van der Waals surface area contributed by atoms with Gasteiger partial charge in [-0.15, -0.1) is 0 Å². The van der Waals surface area contributed by atoms with Crippen LogP contribution in [-0.2, 0) is 20.8 Å². The van der Waals surface area contributed by atoms with Crippen LogP contribution in [0.5, 0.6) is 0 Å². The lowest BCUT2D eigenvalue weighted by molar-refractivity contribution is -0.137. The summed E-state index contributed by atoms with van der Waals surface area (Å²) >= 11 is 0. The lowest BCUT2D eigenvalue weighted by Crippen LogP contribution is -2.52. The van der Waals surface area contributed by atoms with Gasteiger partial charge in [-0.3, -0.25) is 24.7 Å². The van der Waals surface area contributed by atoms with E-state index in [1.54, 1.807) is 6.20 Å². The molecule has 1 unspecified atom stereocenters. The van der Waals surface area contributed by atoms with Crippen molar-refractivity contribution < 1.29 is 14.4 Å². The lowest BCUT2D eigenvalue weighted by Gasteiger charge is -2.29. The maximum atomic E-state index is 12.1. The zero-order valence-corrected chi connectivity index (χ0v) is 13.4. The Hall–Kier alpha value is -2.48. The van der Waals surface area contributed by atoms with Gasteiger partial charge in [0.1, 0.15) is 6.04 Å². The van der Waals surface area contributed by atoms with Gasteiger partial charge in [0.25, 0.3) is 0 Å². The number of amides is 3. The van der Waals surface area contributed by atoms with Crippen LogP contribution in [0.15, 0.2) is 18.3 Å². The highest BCUT2D eigenvalue weighted by Crippen LogP contribution is 2.14. The molecular formula is C16H21N5O3. The maximum absolute atomic E-state index is 12.1. The second-order valence-corrected chi connectivity index (χ2v) is 5.99. The fraction of sp³-hybridized carbons (Fsp3) is 0.500. The summed E-state index contributed by atoms with van der Waals surface area (Å²) in [5, 5.41) is 8.18. The van der Waals surface area contributed by atoms with Crippen molar-refractivity contribution in [1.29, 1.82) is 0 Å². The number of hydrogen-bond acceptors (Lipinski definition) is 6. The predicted molar refractivity (Wildman–Crippen MR) is 87.3 cm³/mol. The summed E-state index contributed by atoms with van der Waals surface area (Å²) in [6.45, 7) is 3.79. The van der Waals surface area contributed by atoms with Gasteiger partial charge in [0.15, 0.2) is 0 Å². The van der Waals surface area contributed by atoms with Crippen LogP contribution in [0.2, 0.25) is 0 Å². The molecule has 0 saturated carbocycles. The molecule has 1 aromatic heterocycles. The molecule has 0 bridgehead atoms. The van der Waals surface area contributed by atoms with Crippen LogP contribution in [-0.4, -0.2) is 54.9 Å². The fourth-order valence-corrected chi connectivity index (χ4v) is 2.87. The highest BCUT2D eigenvalue weighted by Gasteiger charge is 2.27. The van der Waals surface area contributed by atoms with E-state index >= 15 is 0 Å². The number of piperazine rings is 1. The smallest absolute Gasteiger partial charge is 0.249 e. The highest BCUT2D eigenvalue weighted by molar-refractivity contribution is 6.01. The number of hydrogen-bond donors (Lipinski definition) is 3. The highest BCUT2D eigenvalue weighted by atomic mass is 16.2. The van der Waals surface area contributed by atoms with E-state index in [0.29, 0.717) is 12.1 Å². The van der Waals surface area contributed by atoms with Crippen molar-refractivity contribution in [3.05, 3.63) is 24.0 Å². The van der Waals surface area contributed by atoms with Crippen molar-refractivity contribution in [3.63, 3.8) is 0 Å². The number of nitrogens with zero attached hydrogens (tertiary/aromatic N) is 2. The number of carbonyl (C=O) groups excluding carboxylic acids is 3. The Bertz CT molecular complexity index is 625. The van der Waals surface area contributed by atoms with Crippen LogP contribution in [0.1, 0.15) is 18.5 Å². The van der Waals surface area contributed by atoms with E-state index in [1.807, 2.05) is 12.1 Å². The molecule has 3 N–H and O–H groups in total. The number of anilines is 1. The molecule has 2 fully saturated rings. The Balaban J connectivity index is 1.52. The number of imide groups is 1. The van der Waals surface area contributed by atoms with Crippen LogP contribution in [0, 0.1) is 0 Å². The number of piperidine rings is 1. The number of nitrogens with one attached hydrogen (secondary N) is 3. The summed E-state index contributed by atoms with van der Waals surface area (Å²) in [4.78, 5) is 41.4. The van der Waals surface area contributed by atoms with Gasteiger partial charge in [0.05, 0.1) is 18.3 Å². The number of pyridine rings is 1. The number of aromatic nitrogens is 1. The molecule has 3 rings (SSSR count). The van der Waals surface area contributed by atoms with Crippen molar-refractivity contribution in [2.24, 2.45) is 0 Å². The van der Waals surface area contributed by atoms with Crippen LogP contribution in [0.25, 0.3) is 0 Å². The van der Waals surface area contributed by atoms with Crippen LogP contribution < -0.4 is 20.9 Å². The zero-order chi connectivity index (χ0) is 16.9. The first-order chi connectivity index (χ1) is 11.6. The van der Waals surface area contributed by atoms with Gasteiger partial charge < -0.3 is 15.5 Å². The standard InChI is InChI=1S/C16H21N5O3/c22-14-4-3-13(16(24)20-14)19-15(23)9-11-1-2-12(10-18-11)21-7-5-17-6-8-21/h1-2,10,13,17H,3-9H2,(H,19,23)(H,20,22,24). The molecule has 0 aromatic carbocycles. The second kappa shape index (κ2) is 7.39. The number of carbonyl (C=O) groups is 3. The van der Waals surface area contributed by atoms with Gasteiger partial charge in [-0.2, -0.15) is 0 Å². The minimum Gasteiger partial charge on any atom is -0.368 e. The minimum atomic E-state index is -0.643. The summed E-state index contributed by atoms with van der Waals surface area (Å²) in [5.41, 5.74) is 1.70. The van der Waals surface area contributed by atoms with E-state index in [1.165, 1.54) is 0 Å². The summed E-state index contributed by atoms with van der Waals surface area (Å²) < 4.78 is 0. The Morgan fingerprint density at radius 3 is 2.75 bits per heavy atom. The molecule has 3 amide bonds. The average molecular weight is 331 g/mol. The predicted octanol–water partition coefficient (Wildman–Crippen LogP) is -1.04. The summed E-state index contributed by atoms with van der Waals surface area (Å²) in [7, 11) is 0. The van der Waals surface area contributed by atoms with E-state index in [9.17, 15) is 14.4 Å². The largest absolute Gasteiger partial charge is 0.368 e. The third-order valence-electron chi connectivity index (χ3n) is 4.21. The summed E-state index contributed by atoms with van der Waals surface area (Å²) in [6.07, 6.45) is 2.47. The Kier molecular flexibility index (Phi) is 5.05. The molecule has 2 saturated heterocycles. The van der Waals surface area contributed by atoms with Crippen LogP contribution in [0.4, 0.5) is 5.69 Å². The van der Waals surface area contributed by atoms with Crippen molar-refractivity contribution >= 4 is 23.4 Å². The van der Waals surface area contributed by atoms with Crippen molar-refractivity contribution in [2.45, 2.75) is 25.3 Å². The third-order valence-corrected chi connectivity index (χ3v) is 4.21. The minimum absolute atomic E-state index is 0.111. The van der Waals surface area contributed by atoms with Gasteiger partial charge >= 0.3 is 0 Å². The van der Waals surface area contributed by atoms with Crippen molar-refractivity contribution in [2.75, 3.05) is 31.1 Å². The topological polar surface area (TPSA) is 103 Å². The van der Waals surface area contributed by atoms with Gasteiger partial charge in [-0.1, -0.05) is 0 Å². The molecule has 24 heavy (non-hydrogen) atoms. The molecule has 0 spiro atoms. The van der Waals surface area contributed by atoms with E-state index < -0.39 is 11.9 Å². The summed E-state index contributed by atoms with van der Waals surface area (Å²) in [5.74, 6) is -1.01. The molecule has 0 radical (unpaired) electrons. The quantitative estimate of drug-likeness (QED) is 0.609. The van der Waals surface area contributed by atoms with E-state index in [0.717, 1.165) is 31.9 Å². The van der Waals surface area contributed by atoms with Gasteiger partial charge in [0, 0.05) is 38.3 Å². The molecule has 1 atom stereocenters. The first-order valence-electron chi connectivity index (χ1n) is 8.15. The SMILES string of the molecule is O=C1CCC(NC(=O)Cc2ccc(N3CCNCC3)cn2)C(=O)N1. The fourth-order valence-electron chi connectivity index (χ4n) is 2.87. The maximum Gasteiger partial charge on any atom is 0.249 e.